The van der Waals surface area contributed by atoms with E-state index in [1.807, 2.05) is 20.8 Å². The van der Waals surface area contributed by atoms with E-state index in [2.05, 4.69) is 71.1 Å². The van der Waals surface area contributed by atoms with E-state index in [9.17, 15) is 0 Å². The molecule has 6 heteroatoms. The first-order valence-electron chi connectivity index (χ1n) is 10.9. The Bertz CT molecular complexity index is 766. The zero-order valence-corrected chi connectivity index (χ0v) is 19.5. The van der Waals surface area contributed by atoms with Crippen LogP contribution in [0.2, 0.25) is 0 Å². The van der Waals surface area contributed by atoms with Gasteiger partial charge in [-0.25, -0.2) is 0 Å². The highest BCUT2D eigenvalue weighted by Crippen LogP contribution is 2.33. The Kier molecular flexibility index (Phi) is 7.05. The van der Waals surface area contributed by atoms with Crippen molar-refractivity contribution in [3.05, 3.63) is 23.3 Å². The Balaban J connectivity index is 0.000000191. The average Bonchev–Trinajstić information content (AvgIpc) is 3.28. The molecule has 0 amide bonds. The fraction of sp³-hybridized carbons (Fsp3) is 0.818. The standard InChI is InChI=1S/C12H21N3.C8H13N3.C2H6/c1-9(2)11-14-13-10-5-6-12(3,4)7-8-15(10)11;1-6-9-10-7-8(2,3)4-5-11(6)7;1-2/h9H,5-8H2,1-4H3;4-5H2,1-3H3;1-2H3. The molecule has 2 aromatic heterocycles. The summed E-state index contributed by atoms with van der Waals surface area (Å²) >= 11 is 0. The lowest BCUT2D eigenvalue weighted by Gasteiger charge is -2.21. The summed E-state index contributed by atoms with van der Waals surface area (Å²) < 4.78 is 4.54. The van der Waals surface area contributed by atoms with Gasteiger partial charge in [-0.2, -0.15) is 0 Å². The van der Waals surface area contributed by atoms with Crippen LogP contribution in [-0.2, 0) is 24.9 Å². The van der Waals surface area contributed by atoms with Crippen molar-refractivity contribution in [2.75, 3.05) is 0 Å². The van der Waals surface area contributed by atoms with Crippen LogP contribution in [0.4, 0.5) is 0 Å². The van der Waals surface area contributed by atoms with E-state index < -0.39 is 0 Å². The maximum absolute atomic E-state index is 4.32. The van der Waals surface area contributed by atoms with Crippen molar-refractivity contribution >= 4 is 0 Å². The third-order valence-corrected chi connectivity index (χ3v) is 5.91. The van der Waals surface area contributed by atoms with Gasteiger partial charge >= 0.3 is 0 Å². The fourth-order valence-electron chi connectivity index (χ4n) is 3.85. The summed E-state index contributed by atoms with van der Waals surface area (Å²) in [5.41, 5.74) is 0.691. The molecule has 0 spiro atoms. The molecule has 2 aliphatic rings. The predicted molar refractivity (Wildman–Crippen MR) is 115 cm³/mol. The van der Waals surface area contributed by atoms with Crippen molar-refractivity contribution < 1.29 is 0 Å². The molecule has 0 atom stereocenters. The first kappa shape index (κ1) is 22.6. The Hall–Kier alpha value is -1.72. The molecule has 0 radical (unpaired) electrons. The normalized spacial score (nSPS) is 18.9. The second-order valence-electron chi connectivity index (χ2n) is 9.55. The summed E-state index contributed by atoms with van der Waals surface area (Å²) in [6, 6.07) is 0. The molecule has 0 aliphatic carbocycles. The van der Waals surface area contributed by atoms with Gasteiger partial charge in [0.25, 0.3) is 0 Å². The summed E-state index contributed by atoms with van der Waals surface area (Å²) in [6.07, 6.45) is 4.73. The minimum Gasteiger partial charge on any atom is -0.315 e. The van der Waals surface area contributed by atoms with Gasteiger partial charge in [0.1, 0.15) is 23.3 Å². The van der Waals surface area contributed by atoms with Gasteiger partial charge in [0.05, 0.1) is 0 Å². The van der Waals surface area contributed by atoms with E-state index in [1.165, 1.54) is 25.1 Å². The molecule has 0 aromatic carbocycles. The molecular weight excluding hydrogens is 348 g/mol. The summed E-state index contributed by atoms with van der Waals surface area (Å²) in [5.74, 6) is 5.01. The average molecular weight is 389 g/mol. The lowest BCUT2D eigenvalue weighted by molar-refractivity contribution is 0.305. The zero-order chi connectivity index (χ0) is 21.1. The lowest BCUT2D eigenvalue weighted by Crippen LogP contribution is -2.13. The number of rotatable bonds is 1. The number of fused-ring (bicyclic) bond motifs is 2. The molecule has 0 bridgehead atoms. The molecule has 4 heterocycles. The van der Waals surface area contributed by atoms with Crippen LogP contribution in [0.3, 0.4) is 0 Å². The van der Waals surface area contributed by atoms with Gasteiger partial charge in [-0.15, -0.1) is 20.4 Å². The largest absolute Gasteiger partial charge is 0.315 e. The van der Waals surface area contributed by atoms with Crippen molar-refractivity contribution in [1.82, 2.24) is 29.5 Å². The number of aromatic nitrogens is 6. The SMILES string of the molecule is CC.CC(C)c1nnc2n1CCC(C)(C)CC2.Cc1nnc2n1CCC2(C)C. The third-order valence-electron chi connectivity index (χ3n) is 5.91. The first-order chi connectivity index (χ1) is 13.1. The zero-order valence-electron chi connectivity index (χ0n) is 19.5. The molecule has 4 rings (SSSR count). The third kappa shape index (κ3) is 4.81. The molecule has 0 N–H and O–H groups in total. The molecule has 28 heavy (non-hydrogen) atoms. The Morgan fingerprint density at radius 1 is 0.821 bits per heavy atom. The predicted octanol–water partition coefficient (Wildman–Crippen LogP) is 5.06. The van der Waals surface area contributed by atoms with Crippen LogP contribution in [0.25, 0.3) is 0 Å². The van der Waals surface area contributed by atoms with E-state index >= 15 is 0 Å². The number of aryl methyl sites for hydroxylation is 2. The second-order valence-corrected chi connectivity index (χ2v) is 9.55. The first-order valence-corrected chi connectivity index (χ1v) is 10.9. The van der Waals surface area contributed by atoms with Crippen LogP contribution in [0.5, 0.6) is 0 Å². The quantitative estimate of drug-likeness (QED) is 0.685. The summed E-state index contributed by atoms with van der Waals surface area (Å²) in [6.45, 7) is 21.7. The van der Waals surface area contributed by atoms with E-state index in [4.69, 9.17) is 0 Å². The minimum absolute atomic E-state index is 0.237. The van der Waals surface area contributed by atoms with Crippen molar-refractivity contribution in [3.63, 3.8) is 0 Å². The lowest BCUT2D eigenvalue weighted by atomic mass is 9.85. The molecule has 2 aromatic rings. The Morgan fingerprint density at radius 3 is 2.07 bits per heavy atom. The molecule has 6 nitrogen and oxygen atoms in total. The van der Waals surface area contributed by atoms with Crippen molar-refractivity contribution in [3.8, 4) is 0 Å². The maximum atomic E-state index is 4.32. The van der Waals surface area contributed by atoms with E-state index in [0.29, 0.717) is 11.3 Å². The van der Waals surface area contributed by atoms with Crippen LogP contribution in [0.1, 0.15) is 104 Å². The van der Waals surface area contributed by atoms with E-state index in [1.54, 1.807) is 0 Å². The Labute approximate surface area is 171 Å². The molecule has 0 unspecified atom stereocenters. The molecule has 158 valence electrons. The van der Waals surface area contributed by atoms with Crippen LogP contribution >= 0.6 is 0 Å². The van der Waals surface area contributed by atoms with Gasteiger partial charge in [-0.05, 0) is 31.6 Å². The highest BCUT2D eigenvalue weighted by atomic mass is 15.3. The topological polar surface area (TPSA) is 61.4 Å². The van der Waals surface area contributed by atoms with Crippen LogP contribution < -0.4 is 0 Å². The van der Waals surface area contributed by atoms with E-state index in [0.717, 1.165) is 37.0 Å². The molecule has 0 saturated carbocycles. The number of hydrogen-bond acceptors (Lipinski definition) is 4. The van der Waals surface area contributed by atoms with Gasteiger partial charge in [-0.3, -0.25) is 0 Å². The van der Waals surface area contributed by atoms with Crippen LogP contribution in [0.15, 0.2) is 0 Å². The van der Waals surface area contributed by atoms with Gasteiger partial charge in [0.15, 0.2) is 0 Å². The molecule has 0 fully saturated rings. The molecular formula is C22H40N6. The monoisotopic (exact) mass is 388 g/mol. The minimum atomic E-state index is 0.237. The van der Waals surface area contributed by atoms with Gasteiger partial charge in [0, 0.05) is 30.8 Å². The maximum Gasteiger partial charge on any atom is 0.138 e. The molecule has 0 saturated heterocycles. The fourth-order valence-corrected chi connectivity index (χ4v) is 3.85. The van der Waals surface area contributed by atoms with Crippen LogP contribution in [0, 0.1) is 12.3 Å². The van der Waals surface area contributed by atoms with Crippen molar-refractivity contribution in [2.45, 2.75) is 112 Å². The van der Waals surface area contributed by atoms with Crippen LogP contribution in [-0.4, -0.2) is 29.5 Å². The van der Waals surface area contributed by atoms with E-state index in [-0.39, 0.29) is 5.41 Å². The number of nitrogens with zero attached hydrogens (tertiary/aromatic N) is 6. The second kappa shape index (κ2) is 8.75. The van der Waals surface area contributed by atoms with Gasteiger partial charge < -0.3 is 9.13 Å². The molecule has 2 aliphatic heterocycles. The summed E-state index contributed by atoms with van der Waals surface area (Å²) in [5, 5.41) is 16.8. The number of hydrogen-bond donors (Lipinski definition) is 0. The Morgan fingerprint density at radius 2 is 1.46 bits per heavy atom. The van der Waals surface area contributed by atoms with Gasteiger partial charge in [-0.1, -0.05) is 55.4 Å². The van der Waals surface area contributed by atoms with Crippen molar-refractivity contribution in [1.29, 1.82) is 0 Å². The summed E-state index contributed by atoms with van der Waals surface area (Å²) in [7, 11) is 0. The highest BCUT2D eigenvalue weighted by molar-refractivity contribution is 5.11. The summed E-state index contributed by atoms with van der Waals surface area (Å²) in [4.78, 5) is 0. The van der Waals surface area contributed by atoms with Gasteiger partial charge in [0.2, 0.25) is 0 Å². The smallest absolute Gasteiger partial charge is 0.138 e. The highest BCUT2D eigenvalue weighted by Gasteiger charge is 2.33. The van der Waals surface area contributed by atoms with Crippen molar-refractivity contribution in [2.24, 2.45) is 5.41 Å².